The number of nitriles is 1. The first-order valence-electron chi connectivity index (χ1n) is 7.86. The Morgan fingerprint density at radius 2 is 1.88 bits per heavy atom. The highest BCUT2D eigenvalue weighted by Gasteiger charge is 2.13. The maximum atomic E-state index is 11.4. The molecular weight excluding hydrogens is 392 g/mol. The number of carbonyl (C=O) groups is 1. The fourth-order valence-corrected chi connectivity index (χ4v) is 2.80. The SMILES string of the molecule is N#C/C(=C/c1cn(Cc2ccc(Br)cc2)nc1-c1ccccc1)C(N)=O. The molecule has 3 aromatic rings. The number of benzene rings is 2. The van der Waals surface area contributed by atoms with E-state index in [0.29, 0.717) is 17.8 Å². The topological polar surface area (TPSA) is 84.7 Å². The smallest absolute Gasteiger partial charge is 0.259 e. The third-order valence-corrected chi connectivity index (χ3v) is 4.31. The van der Waals surface area contributed by atoms with Gasteiger partial charge in [0.1, 0.15) is 11.6 Å². The molecule has 0 saturated carbocycles. The standard InChI is InChI=1S/C20H15BrN4O/c21-18-8-6-14(7-9-18)12-25-13-17(10-16(11-22)20(23)26)19(24-25)15-4-2-1-3-5-15/h1-10,13H,12H2,(H2,23,26)/b16-10-. The molecule has 0 atom stereocenters. The zero-order chi connectivity index (χ0) is 18.5. The summed E-state index contributed by atoms with van der Waals surface area (Å²) in [5.41, 5.74) is 8.50. The average Bonchev–Trinajstić information content (AvgIpc) is 3.04. The van der Waals surface area contributed by atoms with Gasteiger partial charge in [-0.25, -0.2) is 0 Å². The lowest BCUT2D eigenvalue weighted by Crippen LogP contribution is -2.12. The van der Waals surface area contributed by atoms with Crippen LogP contribution in [0.15, 0.2) is 70.8 Å². The lowest BCUT2D eigenvalue weighted by molar-refractivity contribution is -0.114. The van der Waals surface area contributed by atoms with E-state index >= 15 is 0 Å². The van der Waals surface area contributed by atoms with E-state index in [9.17, 15) is 4.79 Å². The van der Waals surface area contributed by atoms with Crippen molar-refractivity contribution in [2.75, 3.05) is 0 Å². The number of hydrogen-bond acceptors (Lipinski definition) is 3. The molecule has 0 radical (unpaired) electrons. The van der Waals surface area contributed by atoms with E-state index in [0.717, 1.165) is 15.6 Å². The van der Waals surface area contributed by atoms with Crippen LogP contribution in [0.5, 0.6) is 0 Å². The molecule has 2 N–H and O–H groups in total. The molecule has 2 aromatic carbocycles. The normalized spacial score (nSPS) is 11.2. The Bertz CT molecular complexity index is 999. The Labute approximate surface area is 159 Å². The molecule has 128 valence electrons. The van der Waals surface area contributed by atoms with Crippen LogP contribution in [0.4, 0.5) is 0 Å². The van der Waals surface area contributed by atoms with E-state index in [1.54, 1.807) is 4.68 Å². The fraction of sp³-hybridized carbons (Fsp3) is 0.0500. The van der Waals surface area contributed by atoms with E-state index < -0.39 is 5.91 Å². The van der Waals surface area contributed by atoms with Crippen LogP contribution in [0.3, 0.4) is 0 Å². The molecule has 3 rings (SSSR count). The minimum atomic E-state index is -0.757. The van der Waals surface area contributed by atoms with Crippen molar-refractivity contribution in [2.24, 2.45) is 5.73 Å². The summed E-state index contributed by atoms with van der Waals surface area (Å²) in [5.74, 6) is -0.757. The second-order valence-corrected chi connectivity index (χ2v) is 6.57. The number of nitrogens with zero attached hydrogens (tertiary/aromatic N) is 3. The summed E-state index contributed by atoms with van der Waals surface area (Å²) in [6.07, 6.45) is 3.29. The summed E-state index contributed by atoms with van der Waals surface area (Å²) >= 11 is 3.42. The van der Waals surface area contributed by atoms with Crippen LogP contribution in [-0.2, 0) is 11.3 Å². The van der Waals surface area contributed by atoms with Crippen LogP contribution in [-0.4, -0.2) is 15.7 Å². The Morgan fingerprint density at radius 1 is 1.19 bits per heavy atom. The number of aromatic nitrogens is 2. The first-order chi connectivity index (χ1) is 12.6. The number of hydrogen-bond donors (Lipinski definition) is 1. The molecule has 1 amide bonds. The first-order valence-corrected chi connectivity index (χ1v) is 8.65. The maximum Gasteiger partial charge on any atom is 0.259 e. The van der Waals surface area contributed by atoms with Crippen molar-refractivity contribution < 1.29 is 4.79 Å². The minimum Gasteiger partial charge on any atom is -0.365 e. The molecule has 5 nitrogen and oxygen atoms in total. The summed E-state index contributed by atoms with van der Waals surface area (Å²) in [7, 11) is 0. The summed E-state index contributed by atoms with van der Waals surface area (Å²) in [5, 5.41) is 13.8. The van der Waals surface area contributed by atoms with Crippen molar-refractivity contribution in [1.29, 1.82) is 5.26 Å². The maximum absolute atomic E-state index is 11.4. The molecular formula is C20H15BrN4O. The lowest BCUT2D eigenvalue weighted by Gasteiger charge is -2.02. The van der Waals surface area contributed by atoms with Crippen molar-refractivity contribution in [3.8, 4) is 17.3 Å². The van der Waals surface area contributed by atoms with Gasteiger partial charge in [0.25, 0.3) is 5.91 Å². The van der Waals surface area contributed by atoms with Crippen LogP contribution in [0.2, 0.25) is 0 Å². The molecule has 0 aliphatic rings. The molecule has 1 heterocycles. The summed E-state index contributed by atoms with van der Waals surface area (Å²) in [6, 6.07) is 19.4. The molecule has 6 heteroatoms. The second kappa shape index (κ2) is 7.81. The predicted molar refractivity (Wildman–Crippen MR) is 104 cm³/mol. The fourth-order valence-electron chi connectivity index (χ4n) is 2.53. The van der Waals surface area contributed by atoms with Gasteiger partial charge < -0.3 is 5.73 Å². The van der Waals surface area contributed by atoms with Gasteiger partial charge in [0.2, 0.25) is 0 Å². The highest BCUT2D eigenvalue weighted by atomic mass is 79.9. The molecule has 26 heavy (non-hydrogen) atoms. The van der Waals surface area contributed by atoms with Crippen molar-refractivity contribution in [1.82, 2.24) is 9.78 Å². The lowest BCUT2D eigenvalue weighted by atomic mass is 10.1. The van der Waals surface area contributed by atoms with E-state index in [1.165, 1.54) is 6.08 Å². The number of primary amides is 1. The van der Waals surface area contributed by atoms with Crippen LogP contribution in [0, 0.1) is 11.3 Å². The van der Waals surface area contributed by atoms with Crippen LogP contribution in [0.1, 0.15) is 11.1 Å². The Kier molecular flexibility index (Phi) is 5.30. The largest absolute Gasteiger partial charge is 0.365 e. The van der Waals surface area contributed by atoms with E-state index in [-0.39, 0.29) is 5.57 Å². The van der Waals surface area contributed by atoms with Gasteiger partial charge in [-0.2, -0.15) is 10.4 Å². The monoisotopic (exact) mass is 406 g/mol. The van der Waals surface area contributed by atoms with Gasteiger partial charge in [-0.3, -0.25) is 9.48 Å². The third kappa shape index (κ3) is 4.08. The summed E-state index contributed by atoms with van der Waals surface area (Å²) in [4.78, 5) is 11.4. The Balaban J connectivity index is 2.04. The van der Waals surface area contributed by atoms with Gasteiger partial charge in [0, 0.05) is 21.8 Å². The predicted octanol–water partition coefficient (Wildman–Crippen LogP) is 3.75. The molecule has 0 saturated heterocycles. The number of halogens is 1. The molecule has 0 bridgehead atoms. The zero-order valence-corrected chi connectivity index (χ0v) is 15.3. The Morgan fingerprint density at radius 3 is 2.50 bits per heavy atom. The van der Waals surface area contributed by atoms with Crippen molar-refractivity contribution >= 4 is 27.9 Å². The third-order valence-electron chi connectivity index (χ3n) is 3.78. The molecule has 0 aliphatic carbocycles. The molecule has 0 unspecified atom stereocenters. The van der Waals surface area contributed by atoms with Gasteiger partial charge in [-0.15, -0.1) is 0 Å². The summed E-state index contributed by atoms with van der Waals surface area (Å²) in [6.45, 7) is 0.569. The van der Waals surface area contributed by atoms with Crippen molar-refractivity contribution in [3.63, 3.8) is 0 Å². The molecule has 0 fully saturated rings. The second-order valence-electron chi connectivity index (χ2n) is 5.66. The average molecular weight is 407 g/mol. The van der Waals surface area contributed by atoms with Crippen LogP contribution < -0.4 is 5.73 Å². The Hall–Kier alpha value is -3.17. The zero-order valence-electron chi connectivity index (χ0n) is 13.8. The highest BCUT2D eigenvalue weighted by Crippen LogP contribution is 2.24. The van der Waals surface area contributed by atoms with Gasteiger partial charge in [-0.05, 0) is 23.8 Å². The van der Waals surface area contributed by atoms with E-state index in [4.69, 9.17) is 11.0 Å². The quantitative estimate of drug-likeness (QED) is 0.516. The van der Waals surface area contributed by atoms with E-state index in [2.05, 4.69) is 21.0 Å². The van der Waals surface area contributed by atoms with E-state index in [1.807, 2.05) is 66.9 Å². The number of amides is 1. The molecule has 0 aliphatic heterocycles. The van der Waals surface area contributed by atoms with Gasteiger partial charge >= 0.3 is 0 Å². The van der Waals surface area contributed by atoms with Gasteiger partial charge in [-0.1, -0.05) is 58.4 Å². The highest BCUT2D eigenvalue weighted by molar-refractivity contribution is 9.10. The molecule has 1 aromatic heterocycles. The van der Waals surface area contributed by atoms with Crippen molar-refractivity contribution in [3.05, 3.63) is 82.0 Å². The minimum absolute atomic E-state index is 0.106. The number of rotatable bonds is 5. The number of carbonyl (C=O) groups excluding carboxylic acids is 1. The first kappa shape index (κ1) is 17.6. The van der Waals surface area contributed by atoms with Gasteiger partial charge in [0.15, 0.2) is 0 Å². The van der Waals surface area contributed by atoms with Gasteiger partial charge in [0.05, 0.1) is 12.2 Å². The number of nitrogens with two attached hydrogens (primary N) is 1. The molecule has 0 spiro atoms. The van der Waals surface area contributed by atoms with Crippen molar-refractivity contribution in [2.45, 2.75) is 6.54 Å². The summed E-state index contributed by atoms with van der Waals surface area (Å²) < 4.78 is 2.79. The van der Waals surface area contributed by atoms with Crippen LogP contribution in [0.25, 0.3) is 17.3 Å². The van der Waals surface area contributed by atoms with Crippen LogP contribution >= 0.6 is 15.9 Å².